The summed E-state index contributed by atoms with van der Waals surface area (Å²) in [6.07, 6.45) is 0.924. The summed E-state index contributed by atoms with van der Waals surface area (Å²) in [7, 11) is 0. The van der Waals surface area contributed by atoms with Crippen LogP contribution in [-0.4, -0.2) is 6.54 Å². The summed E-state index contributed by atoms with van der Waals surface area (Å²) in [6, 6.07) is 10.4. The molecule has 1 aromatic heterocycles. The maximum Gasteiger partial charge on any atom is 0.123 e. The molecule has 98 valence electrons. The molecule has 0 unspecified atom stereocenters. The minimum Gasteiger partial charge on any atom is -0.312 e. The van der Waals surface area contributed by atoms with Gasteiger partial charge in [-0.25, -0.2) is 4.39 Å². The van der Waals surface area contributed by atoms with Gasteiger partial charge in [-0.05, 0) is 58.2 Å². The molecule has 0 atom stereocenters. The van der Waals surface area contributed by atoms with Gasteiger partial charge in [-0.2, -0.15) is 5.26 Å². The molecule has 0 radical (unpaired) electrons. The molecular formula is C14H12BrFN2S. The molecule has 0 saturated carbocycles. The van der Waals surface area contributed by atoms with Gasteiger partial charge in [0.1, 0.15) is 5.82 Å². The van der Waals surface area contributed by atoms with Crippen LogP contribution in [0.5, 0.6) is 0 Å². The van der Waals surface area contributed by atoms with Gasteiger partial charge in [-0.15, -0.1) is 11.3 Å². The predicted octanol–water partition coefficient (Wildman–Crippen LogP) is 3.85. The third-order valence-corrected chi connectivity index (χ3v) is 4.36. The third kappa shape index (κ3) is 4.13. The molecule has 0 bridgehead atoms. The van der Waals surface area contributed by atoms with Gasteiger partial charge in [0.15, 0.2) is 0 Å². The molecule has 2 nitrogen and oxygen atoms in total. The number of hydrogen-bond acceptors (Lipinski definition) is 3. The standard InChI is InChI=1S/C14H12BrFN2S/c15-14-4-3-13(19-14)5-6-18-9-11-7-12(16)2-1-10(11)8-17/h1-4,7,18H,5-6,9H2. The lowest BCUT2D eigenvalue weighted by Crippen LogP contribution is -2.17. The first-order valence-electron chi connectivity index (χ1n) is 5.82. The van der Waals surface area contributed by atoms with Crippen molar-refractivity contribution < 1.29 is 4.39 Å². The largest absolute Gasteiger partial charge is 0.312 e. The van der Waals surface area contributed by atoms with E-state index in [-0.39, 0.29) is 5.82 Å². The van der Waals surface area contributed by atoms with Crippen LogP contribution in [0.25, 0.3) is 0 Å². The van der Waals surface area contributed by atoms with Crippen molar-refractivity contribution in [3.8, 4) is 6.07 Å². The van der Waals surface area contributed by atoms with E-state index in [1.54, 1.807) is 11.3 Å². The van der Waals surface area contributed by atoms with Crippen LogP contribution in [0.4, 0.5) is 4.39 Å². The van der Waals surface area contributed by atoms with Crippen molar-refractivity contribution in [3.05, 3.63) is 55.9 Å². The molecule has 0 aliphatic rings. The van der Waals surface area contributed by atoms with E-state index >= 15 is 0 Å². The average molecular weight is 339 g/mol. The molecule has 0 aliphatic heterocycles. The quantitative estimate of drug-likeness (QED) is 0.840. The van der Waals surface area contributed by atoms with E-state index in [0.717, 1.165) is 16.8 Å². The van der Waals surface area contributed by atoms with Crippen LogP contribution in [0.2, 0.25) is 0 Å². The molecule has 0 aliphatic carbocycles. The van der Waals surface area contributed by atoms with Gasteiger partial charge < -0.3 is 5.32 Å². The second-order valence-corrected chi connectivity index (χ2v) is 6.59. The van der Waals surface area contributed by atoms with Crippen molar-refractivity contribution in [2.24, 2.45) is 0 Å². The number of rotatable bonds is 5. The van der Waals surface area contributed by atoms with Crippen molar-refractivity contribution in [2.75, 3.05) is 6.54 Å². The van der Waals surface area contributed by atoms with Crippen molar-refractivity contribution in [3.63, 3.8) is 0 Å². The van der Waals surface area contributed by atoms with Crippen LogP contribution in [-0.2, 0) is 13.0 Å². The Bertz CT molecular complexity index is 604. The lowest BCUT2D eigenvalue weighted by atomic mass is 10.1. The highest BCUT2D eigenvalue weighted by Crippen LogP contribution is 2.22. The Morgan fingerprint density at radius 3 is 2.84 bits per heavy atom. The molecule has 0 saturated heterocycles. The minimum absolute atomic E-state index is 0.307. The number of hydrogen-bond donors (Lipinski definition) is 1. The molecular weight excluding hydrogens is 327 g/mol. The van der Waals surface area contributed by atoms with E-state index in [2.05, 4.69) is 33.4 Å². The monoisotopic (exact) mass is 338 g/mol. The molecule has 1 N–H and O–H groups in total. The Morgan fingerprint density at radius 2 is 2.16 bits per heavy atom. The third-order valence-electron chi connectivity index (χ3n) is 2.68. The summed E-state index contributed by atoms with van der Waals surface area (Å²) in [5.41, 5.74) is 1.22. The van der Waals surface area contributed by atoms with Gasteiger partial charge in [-0.3, -0.25) is 0 Å². The highest BCUT2D eigenvalue weighted by atomic mass is 79.9. The summed E-state index contributed by atoms with van der Waals surface area (Å²) in [4.78, 5) is 1.29. The fraction of sp³-hybridized carbons (Fsp3) is 0.214. The molecule has 1 heterocycles. The van der Waals surface area contributed by atoms with Crippen molar-refractivity contribution in [2.45, 2.75) is 13.0 Å². The van der Waals surface area contributed by atoms with Crippen molar-refractivity contribution >= 4 is 27.3 Å². The first-order chi connectivity index (χ1) is 9.19. The van der Waals surface area contributed by atoms with Crippen LogP contribution >= 0.6 is 27.3 Å². The molecule has 0 spiro atoms. The van der Waals surface area contributed by atoms with E-state index in [9.17, 15) is 4.39 Å². The Kier molecular flexibility index (Phi) is 5.08. The SMILES string of the molecule is N#Cc1ccc(F)cc1CNCCc1ccc(Br)s1. The van der Waals surface area contributed by atoms with Gasteiger partial charge in [-0.1, -0.05) is 0 Å². The summed E-state index contributed by atoms with van der Waals surface area (Å²) in [5, 5.41) is 12.2. The predicted molar refractivity (Wildman–Crippen MR) is 78.5 cm³/mol. The van der Waals surface area contributed by atoms with Crippen LogP contribution in [0.3, 0.4) is 0 Å². The zero-order chi connectivity index (χ0) is 13.7. The molecule has 0 amide bonds. The van der Waals surface area contributed by atoms with Gasteiger partial charge in [0.05, 0.1) is 15.4 Å². The van der Waals surface area contributed by atoms with Crippen LogP contribution in [0.15, 0.2) is 34.1 Å². The maximum absolute atomic E-state index is 13.1. The molecule has 5 heteroatoms. The molecule has 0 fully saturated rings. The Balaban J connectivity index is 1.86. The maximum atomic E-state index is 13.1. The number of nitriles is 1. The van der Waals surface area contributed by atoms with E-state index in [0.29, 0.717) is 17.7 Å². The molecule has 2 rings (SSSR count). The summed E-state index contributed by atoms with van der Waals surface area (Å²) in [6.45, 7) is 1.31. The highest BCUT2D eigenvalue weighted by Gasteiger charge is 2.03. The van der Waals surface area contributed by atoms with Crippen molar-refractivity contribution in [1.82, 2.24) is 5.32 Å². The van der Waals surface area contributed by atoms with Gasteiger partial charge in [0.2, 0.25) is 0 Å². The minimum atomic E-state index is -0.307. The van der Waals surface area contributed by atoms with Crippen LogP contribution in [0.1, 0.15) is 16.0 Å². The number of halogens is 2. The number of benzene rings is 1. The fourth-order valence-electron chi connectivity index (χ4n) is 1.74. The topological polar surface area (TPSA) is 35.8 Å². The zero-order valence-electron chi connectivity index (χ0n) is 10.1. The average Bonchev–Trinajstić information content (AvgIpc) is 2.81. The molecule has 2 aromatic rings. The smallest absolute Gasteiger partial charge is 0.123 e. The zero-order valence-corrected chi connectivity index (χ0v) is 12.5. The van der Waals surface area contributed by atoms with E-state index in [4.69, 9.17) is 5.26 Å². The van der Waals surface area contributed by atoms with Gasteiger partial charge >= 0.3 is 0 Å². The lowest BCUT2D eigenvalue weighted by Gasteiger charge is -2.06. The molecule has 1 aromatic carbocycles. The fourth-order valence-corrected chi connectivity index (χ4v) is 3.22. The first kappa shape index (κ1) is 14.2. The van der Waals surface area contributed by atoms with Crippen LogP contribution < -0.4 is 5.32 Å². The van der Waals surface area contributed by atoms with Crippen LogP contribution in [0, 0.1) is 17.1 Å². The summed E-state index contributed by atoms with van der Waals surface area (Å²) >= 11 is 5.13. The normalized spacial score (nSPS) is 10.4. The second-order valence-electron chi connectivity index (χ2n) is 4.05. The Hall–Kier alpha value is -1.22. The van der Waals surface area contributed by atoms with E-state index in [1.807, 2.05) is 6.07 Å². The number of nitrogens with zero attached hydrogens (tertiary/aromatic N) is 1. The Morgan fingerprint density at radius 1 is 1.32 bits per heavy atom. The number of nitrogens with one attached hydrogen (secondary N) is 1. The Labute approximate surface area is 124 Å². The van der Waals surface area contributed by atoms with E-state index < -0.39 is 0 Å². The van der Waals surface area contributed by atoms with Gasteiger partial charge in [0, 0.05) is 18.0 Å². The van der Waals surface area contributed by atoms with E-state index in [1.165, 1.54) is 23.1 Å². The van der Waals surface area contributed by atoms with Crippen molar-refractivity contribution in [1.29, 1.82) is 5.26 Å². The second kappa shape index (κ2) is 6.80. The first-order valence-corrected chi connectivity index (χ1v) is 7.43. The number of thiophene rings is 1. The summed E-state index contributed by atoms with van der Waals surface area (Å²) in [5.74, 6) is -0.307. The molecule has 19 heavy (non-hydrogen) atoms. The highest BCUT2D eigenvalue weighted by molar-refractivity contribution is 9.11. The van der Waals surface area contributed by atoms with Gasteiger partial charge in [0.25, 0.3) is 0 Å². The summed E-state index contributed by atoms with van der Waals surface area (Å²) < 4.78 is 14.2. The lowest BCUT2D eigenvalue weighted by molar-refractivity contribution is 0.620.